The van der Waals surface area contributed by atoms with Gasteiger partial charge in [0.15, 0.2) is 5.75 Å². The molecule has 1 aliphatic rings. The molecule has 156 valence electrons. The summed E-state index contributed by atoms with van der Waals surface area (Å²) in [4.78, 5) is 32.0. The number of anilines is 1. The third-order valence-corrected chi connectivity index (χ3v) is 3.70. The van der Waals surface area contributed by atoms with E-state index < -0.39 is 22.3 Å². The van der Waals surface area contributed by atoms with Crippen molar-refractivity contribution >= 4 is 23.3 Å². The zero-order valence-corrected chi connectivity index (χ0v) is 15.1. The molecule has 3 rings (SSSR count). The van der Waals surface area contributed by atoms with Gasteiger partial charge in [-0.1, -0.05) is 19.6 Å². The SMILES string of the molecule is C.COC(=O)c1cccc([N+](=O)[O-])c1O.COC(=O)c1cccc2c1OCCN2. The van der Waals surface area contributed by atoms with Crippen LogP contribution in [0.4, 0.5) is 11.4 Å². The van der Waals surface area contributed by atoms with Crippen molar-refractivity contribution in [3.05, 3.63) is 57.6 Å². The van der Waals surface area contributed by atoms with Gasteiger partial charge in [-0.05, 0) is 18.2 Å². The molecule has 0 spiro atoms. The fourth-order valence-electron chi connectivity index (χ4n) is 2.39. The lowest BCUT2D eigenvalue weighted by Gasteiger charge is -2.20. The van der Waals surface area contributed by atoms with E-state index in [0.717, 1.165) is 25.4 Å². The second-order valence-corrected chi connectivity index (χ2v) is 5.37. The number of benzene rings is 2. The number of phenols is 1. The molecule has 0 aliphatic carbocycles. The number of para-hydroxylation sites is 2. The summed E-state index contributed by atoms with van der Waals surface area (Å²) in [7, 11) is 2.48. The number of carbonyl (C=O) groups is 2. The quantitative estimate of drug-likeness (QED) is 0.447. The van der Waals surface area contributed by atoms with E-state index in [1.165, 1.54) is 19.2 Å². The van der Waals surface area contributed by atoms with Gasteiger partial charge in [-0.15, -0.1) is 0 Å². The Kier molecular flexibility index (Phi) is 8.41. The molecule has 0 unspecified atom stereocenters. The highest BCUT2D eigenvalue weighted by molar-refractivity contribution is 5.95. The van der Waals surface area contributed by atoms with Crippen molar-refractivity contribution in [2.24, 2.45) is 0 Å². The third kappa shape index (κ3) is 5.34. The molecule has 0 radical (unpaired) electrons. The Morgan fingerprint density at radius 3 is 2.31 bits per heavy atom. The van der Waals surface area contributed by atoms with E-state index in [1.807, 2.05) is 6.07 Å². The van der Waals surface area contributed by atoms with E-state index >= 15 is 0 Å². The molecule has 2 N–H and O–H groups in total. The summed E-state index contributed by atoms with van der Waals surface area (Å²) < 4.78 is 14.4. The minimum Gasteiger partial charge on any atom is -0.501 e. The van der Waals surface area contributed by atoms with Gasteiger partial charge in [-0.25, -0.2) is 9.59 Å². The van der Waals surface area contributed by atoms with Crippen molar-refractivity contribution in [1.29, 1.82) is 0 Å². The van der Waals surface area contributed by atoms with Crippen molar-refractivity contribution in [3.63, 3.8) is 0 Å². The fourth-order valence-corrected chi connectivity index (χ4v) is 2.39. The van der Waals surface area contributed by atoms with Crippen molar-refractivity contribution in [2.45, 2.75) is 7.43 Å². The number of ether oxygens (including phenoxy) is 3. The van der Waals surface area contributed by atoms with E-state index in [-0.39, 0.29) is 19.0 Å². The molecule has 10 nitrogen and oxygen atoms in total. The first kappa shape index (κ1) is 23.2. The van der Waals surface area contributed by atoms with Crippen LogP contribution in [0.25, 0.3) is 0 Å². The van der Waals surface area contributed by atoms with Gasteiger partial charge in [0.05, 0.1) is 24.8 Å². The van der Waals surface area contributed by atoms with E-state index in [9.17, 15) is 24.8 Å². The highest BCUT2D eigenvalue weighted by atomic mass is 16.6. The second-order valence-electron chi connectivity index (χ2n) is 5.37. The van der Waals surface area contributed by atoms with E-state index in [1.54, 1.807) is 12.1 Å². The molecule has 1 heterocycles. The van der Waals surface area contributed by atoms with E-state index in [4.69, 9.17) is 4.74 Å². The molecule has 0 bridgehead atoms. The summed E-state index contributed by atoms with van der Waals surface area (Å²) in [5, 5.41) is 22.8. The number of esters is 2. The Morgan fingerprint density at radius 2 is 1.69 bits per heavy atom. The number of nitro benzene ring substituents is 1. The van der Waals surface area contributed by atoms with Crippen molar-refractivity contribution in [2.75, 3.05) is 32.7 Å². The molecule has 0 atom stereocenters. The van der Waals surface area contributed by atoms with Crippen LogP contribution in [0.15, 0.2) is 36.4 Å². The smallest absolute Gasteiger partial charge is 0.341 e. The number of rotatable bonds is 3. The molecule has 0 aromatic heterocycles. The number of hydrogen-bond donors (Lipinski definition) is 2. The van der Waals surface area contributed by atoms with Gasteiger partial charge in [-0.2, -0.15) is 0 Å². The van der Waals surface area contributed by atoms with Crippen LogP contribution in [0, 0.1) is 10.1 Å². The lowest BCUT2D eigenvalue weighted by atomic mass is 10.1. The largest absolute Gasteiger partial charge is 0.501 e. The van der Waals surface area contributed by atoms with Gasteiger partial charge < -0.3 is 24.6 Å². The first-order chi connectivity index (χ1) is 13.4. The maximum Gasteiger partial charge on any atom is 0.341 e. The number of nitrogens with zero attached hydrogens (tertiary/aromatic N) is 1. The highest BCUT2D eigenvalue weighted by Gasteiger charge is 2.21. The van der Waals surface area contributed by atoms with Crippen molar-refractivity contribution in [3.8, 4) is 11.5 Å². The standard InChI is InChI=1S/C10H11NO3.C8H7NO5.CH4/c1-13-10(12)7-3-2-4-8-9(7)14-6-5-11-8;1-14-8(11)5-3-2-4-6(7(5)10)9(12)13;/h2-4,11H,5-6H2,1H3;2-4,10H,1H3;1H4. The number of fused-ring (bicyclic) bond motifs is 1. The molecular formula is C19H22N2O8. The van der Waals surface area contributed by atoms with Gasteiger partial charge in [0.2, 0.25) is 5.75 Å². The molecule has 2 aromatic carbocycles. The fraction of sp³-hybridized carbons (Fsp3) is 0.263. The first-order valence-corrected chi connectivity index (χ1v) is 8.03. The van der Waals surface area contributed by atoms with Gasteiger partial charge in [0.1, 0.15) is 17.7 Å². The summed E-state index contributed by atoms with van der Waals surface area (Å²) in [6, 6.07) is 9.01. The van der Waals surface area contributed by atoms with Crippen LogP contribution >= 0.6 is 0 Å². The molecule has 29 heavy (non-hydrogen) atoms. The molecule has 2 aromatic rings. The zero-order valence-electron chi connectivity index (χ0n) is 15.1. The van der Waals surface area contributed by atoms with E-state index in [0.29, 0.717) is 17.9 Å². The Hall–Kier alpha value is -3.82. The summed E-state index contributed by atoms with van der Waals surface area (Å²) in [5.74, 6) is -1.27. The van der Waals surface area contributed by atoms with Crippen LogP contribution in [0.3, 0.4) is 0 Å². The average Bonchev–Trinajstić information content (AvgIpc) is 2.72. The summed E-state index contributed by atoms with van der Waals surface area (Å²) >= 11 is 0. The molecule has 0 saturated carbocycles. The summed E-state index contributed by atoms with van der Waals surface area (Å²) in [6.07, 6.45) is 0. The lowest BCUT2D eigenvalue weighted by Crippen LogP contribution is -2.20. The number of aromatic hydroxyl groups is 1. The van der Waals surface area contributed by atoms with Crippen LogP contribution in [-0.2, 0) is 9.47 Å². The minimum absolute atomic E-state index is 0. The number of hydrogen-bond acceptors (Lipinski definition) is 9. The number of carbonyl (C=O) groups excluding carboxylic acids is 2. The topological polar surface area (TPSA) is 137 Å². The zero-order chi connectivity index (χ0) is 20.7. The maximum atomic E-state index is 11.4. The number of nitro groups is 1. The average molecular weight is 406 g/mol. The molecule has 0 amide bonds. The van der Waals surface area contributed by atoms with Crippen LogP contribution in [0.2, 0.25) is 0 Å². The van der Waals surface area contributed by atoms with Crippen LogP contribution in [-0.4, -0.2) is 49.3 Å². The Morgan fingerprint density at radius 1 is 1.10 bits per heavy atom. The maximum absolute atomic E-state index is 11.4. The number of phenolic OH excluding ortho intramolecular Hbond substituents is 1. The number of methoxy groups -OCH3 is 2. The molecule has 0 saturated heterocycles. The van der Waals surface area contributed by atoms with Crippen LogP contribution in [0.5, 0.6) is 11.5 Å². The Balaban J connectivity index is 0.000000280. The summed E-state index contributed by atoms with van der Waals surface area (Å²) in [5.41, 5.74) is 0.575. The highest BCUT2D eigenvalue weighted by Crippen LogP contribution is 2.31. The lowest BCUT2D eigenvalue weighted by molar-refractivity contribution is -0.385. The predicted molar refractivity (Wildman–Crippen MR) is 105 cm³/mol. The number of nitrogens with one attached hydrogen (secondary N) is 1. The molecule has 0 fully saturated rings. The molecular weight excluding hydrogens is 384 g/mol. The van der Waals surface area contributed by atoms with Crippen LogP contribution < -0.4 is 10.1 Å². The van der Waals surface area contributed by atoms with Gasteiger partial charge in [0, 0.05) is 12.6 Å². The van der Waals surface area contributed by atoms with Gasteiger partial charge >= 0.3 is 17.6 Å². The first-order valence-electron chi connectivity index (χ1n) is 8.03. The second kappa shape index (κ2) is 10.5. The van der Waals surface area contributed by atoms with Crippen molar-refractivity contribution in [1.82, 2.24) is 0 Å². The van der Waals surface area contributed by atoms with Crippen molar-refractivity contribution < 1.29 is 33.8 Å². The normalized spacial score (nSPS) is 11.1. The predicted octanol–water partition coefficient (Wildman–Crippen LogP) is 3.00. The van der Waals surface area contributed by atoms with Gasteiger partial charge in [-0.3, -0.25) is 10.1 Å². The third-order valence-electron chi connectivity index (χ3n) is 3.70. The van der Waals surface area contributed by atoms with E-state index in [2.05, 4.69) is 14.8 Å². The monoisotopic (exact) mass is 406 g/mol. The minimum atomic E-state index is -0.814. The molecule has 1 aliphatic heterocycles. The van der Waals surface area contributed by atoms with Crippen LogP contribution in [0.1, 0.15) is 28.1 Å². The Bertz CT molecular complexity index is 898. The van der Waals surface area contributed by atoms with Gasteiger partial charge in [0.25, 0.3) is 0 Å². The Labute approximate surface area is 167 Å². The summed E-state index contributed by atoms with van der Waals surface area (Å²) in [6.45, 7) is 1.33. The molecule has 10 heteroatoms.